The van der Waals surface area contributed by atoms with E-state index in [-0.39, 0.29) is 28.8 Å². The van der Waals surface area contributed by atoms with E-state index in [1.807, 2.05) is 6.92 Å². The summed E-state index contributed by atoms with van der Waals surface area (Å²) in [6, 6.07) is 4.68. The summed E-state index contributed by atoms with van der Waals surface area (Å²) in [6.07, 6.45) is -1.26. The molecule has 0 radical (unpaired) electrons. The molecule has 0 spiro atoms. The fraction of sp³-hybridized carbons (Fsp3) is 0.304. The first-order valence-electron chi connectivity index (χ1n) is 11.1. The lowest BCUT2D eigenvalue weighted by molar-refractivity contribution is -0.118. The summed E-state index contributed by atoms with van der Waals surface area (Å²) in [4.78, 5) is 25.9. The lowest BCUT2D eigenvalue weighted by atomic mass is 10.1. The number of benzene rings is 1. The van der Waals surface area contributed by atoms with Crippen molar-refractivity contribution in [3.05, 3.63) is 58.6 Å². The number of carbonyl (C=O) groups is 1. The number of β-amino-alcohol motifs (C(OH)–C–C–N with tert-alkyl or cyclic N) is 1. The zero-order valence-corrected chi connectivity index (χ0v) is 20.4. The van der Waals surface area contributed by atoms with Gasteiger partial charge >= 0.3 is 6.18 Å². The Hall–Kier alpha value is -3.52. The summed E-state index contributed by atoms with van der Waals surface area (Å²) < 4.78 is 42.2. The minimum Gasteiger partial charge on any atom is -0.389 e. The van der Waals surface area contributed by atoms with Gasteiger partial charge in [-0.1, -0.05) is 11.6 Å². The second-order valence-electron chi connectivity index (χ2n) is 8.66. The van der Waals surface area contributed by atoms with Crippen molar-refractivity contribution in [1.82, 2.24) is 29.4 Å². The molecule has 14 heteroatoms. The molecule has 1 atom stereocenters. The summed E-state index contributed by atoms with van der Waals surface area (Å²) in [7, 11) is 1.56. The van der Waals surface area contributed by atoms with E-state index < -0.39 is 23.6 Å². The summed E-state index contributed by atoms with van der Waals surface area (Å²) >= 11 is 6.34. The summed E-state index contributed by atoms with van der Waals surface area (Å²) in [6.45, 7) is 2.85. The van der Waals surface area contributed by atoms with E-state index in [1.165, 1.54) is 21.5 Å². The predicted molar refractivity (Wildman–Crippen MR) is 128 cm³/mol. The van der Waals surface area contributed by atoms with Crippen LogP contribution >= 0.6 is 11.6 Å². The van der Waals surface area contributed by atoms with Gasteiger partial charge in [0.1, 0.15) is 5.02 Å². The van der Waals surface area contributed by atoms with Crippen LogP contribution in [0.3, 0.4) is 0 Å². The van der Waals surface area contributed by atoms with E-state index in [1.54, 1.807) is 30.4 Å². The maximum absolute atomic E-state index is 13.1. The molecule has 1 aliphatic heterocycles. The second-order valence-corrected chi connectivity index (χ2v) is 9.07. The molecule has 4 heterocycles. The van der Waals surface area contributed by atoms with Crippen LogP contribution < -0.4 is 5.32 Å². The molecule has 1 saturated heterocycles. The fourth-order valence-electron chi connectivity index (χ4n) is 4.10. The van der Waals surface area contributed by atoms with Crippen LogP contribution in [-0.4, -0.2) is 65.7 Å². The number of alkyl halides is 3. The van der Waals surface area contributed by atoms with Gasteiger partial charge in [-0.3, -0.25) is 9.63 Å². The Morgan fingerprint density at radius 2 is 2.11 bits per heavy atom. The number of rotatable bonds is 6. The molecular weight excluding hydrogens is 515 g/mol. The van der Waals surface area contributed by atoms with E-state index >= 15 is 0 Å². The number of hydrogen-bond donors (Lipinski definition) is 2. The Balaban J connectivity index is 1.42. The van der Waals surface area contributed by atoms with Gasteiger partial charge in [0.2, 0.25) is 5.95 Å². The molecule has 194 valence electrons. The quantitative estimate of drug-likeness (QED) is 0.360. The topological polar surface area (TPSA) is 110 Å². The minimum absolute atomic E-state index is 0.124. The highest BCUT2D eigenvalue weighted by molar-refractivity contribution is 6.32. The van der Waals surface area contributed by atoms with Crippen molar-refractivity contribution in [3.63, 3.8) is 0 Å². The number of nitrogens with zero attached hydrogens (tertiary/aromatic N) is 6. The normalized spacial score (nSPS) is 16.6. The molecule has 37 heavy (non-hydrogen) atoms. The number of carbonyl (C=O) groups excluding carboxylic acids is 1. The van der Waals surface area contributed by atoms with Crippen LogP contribution in [0.25, 0.3) is 16.7 Å². The number of aliphatic hydroxyl groups excluding tert-OH is 1. The molecule has 0 aliphatic carbocycles. The highest BCUT2D eigenvalue weighted by atomic mass is 35.5. The Kier molecular flexibility index (Phi) is 6.40. The van der Waals surface area contributed by atoms with Crippen molar-refractivity contribution in [2.75, 3.05) is 18.5 Å². The first-order valence-corrected chi connectivity index (χ1v) is 11.5. The van der Waals surface area contributed by atoms with Gasteiger partial charge in [0.25, 0.3) is 5.78 Å². The molecule has 5 rings (SSSR count). The van der Waals surface area contributed by atoms with Crippen molar-refractivity contribution < 1.29 is 27.9 Å². The van der Waals surface area contributed by atoms with Crippen molar-refractivity contribution in [1.29, 1.82) is 0 Å². The summed E-state index contributed by atoms with van der Waals surface area (Å²) in [5, 5.41) is 19.1. The lowest BCUT2D eigenvalue weighted by Crippen LogP contribution is -2.22. The zero-order chi connectivity index (χ0) is 26.5. The lowest BCUT2D eigenvalue weighted by Gasteiger charge is -2.12. The van der Waals surface area contributed by atoms with Gasteiger partial charge in [0.05, 0.1) is 43.3 Å². The van der Waals surface area contributed by atoms with Crippen LogP contribution in [0.5, 0.6) is 0 Å². The Morgan fingerprint density at radius 3 is 2.81 bits per heavy atom. The van der Waals surface area contributed by atoms with Crippen molar-refractivity contribution in [3.8, 4) is 5.82 Å². The number of fused-ring (bicyclic) bond motifs is 1. The van der Waals surface area contributed by atoms with Crippen LogP contribution in [0.15, 0.2) is 36.8 Å². The monoisotopic (exact) mass is 535 g/mol. The van der Waals surface area contributed by atoms with Gasteiger partial charge in [-0.2, -0.15) is 28.3 Å². The average molecular weight is 536 g/mol. The van der Waals surface area contributed by atoms with E-state index in [9.17, 15) is 23.1 Å². The summed E-state index contributed by atoms with van der Waals surface area (Å²) in [5.74, 6) is -1.51. The SMILES string of the molecule is Cc1nn(-c2nc(Nc3ccc4c(c3)c(C(=O)C(F)(F)F)cn4C)ncc2Cl)cc1CN1CC(O)CO1. The van der Waals surface area contributed by atoms with E-state index in [2.05, 4.69) is 20.4 Å². The molecule has 1 fully saturated rings. The number of anilines is 2. The number of aliphatic hydroxyl groups is 1. The number of hydroxylamine groups is 2. The molecule has 0 bridgehead atoms. The molecule has 4 aromatic rings. The summed E-state index contributed by atoms with van der Waals surface area (Å²) in [5.41, 5.74) is 1.95. The molecule has 2 N–H and O–H groups in total. The van der Waals surface area contributed by atoms with Gasteiger partial charge in [0, 0.05) is 41.6 Å². The highest BCUT2D eigenvalue weighted by Gasteiger charge is 2.40. The Bertz CT molecular complexity index is 1500. The van der Waals surface area contributed by atoms with Crippen molar-refractivity contribution in [2.45, 2.75) is 25.7 Å². The smallest absolute Gasteiger partial charge is 0.389 e. The second kappa shape index (κ2) is 9.41. The maximum atomic E-state index is 13.1. The molecule has 1 aromatic carbocycles. The third kappa shape index (κ3) is 5.03. The van der Waals surface area contributed by atoms with Crippen LogP contribution in [0.1, 0.15) is 21.6 Å². The van der Waals surface area contributed by atoms with Gasteiger partial charge in [-0.15, -0.1) is 0 Å². The molecule has 0 saturated carbocycles. The van der Waals surface area contributed by atoms with Crippen LogP contribution in [-0.2, 0) is 18.4 Å². The first kappa shape index (κ1) is 25.1. The van der Waals surface area contributed by atoms with Gasteiger partial charge in [-0.05, 0) is 25.1 Å². The molecular formula is C23H21ClF3N7O3. The van der Waals surface area contributed by atoms with Gasteiger partial charge in [-0.25, -0.2) is 9.67 Å². The maximum Gasteiger partial charge on any atom is 0.454 e. The largest absolute Gasteiger partial charge is 0.454 e. The molecule has 1 aliphatic rings. The number of Topliss-reactive ketones (excluding diaryl/α,β-unsaturated/α-hetero) is 1. The van der Waals surface area contributed by atoms with Crippen LogP contribution in [0.4, 0.5) is 24.8 Å². The molecule has 0 amide bonds. The first-order chi connectivity index (χ1) is 17.5. The van der Waals surface area contributed by atoms with Crippen LogP contribution in [0.2, 0.25) is 5.02 Å². The third-order valence-electron chi connectivity index (χ3n) is 5.90. The zero-order valence-electron chi connectivity index (χ0n) is 19.6. The number of aromatic nitrogens is 5. The molecule has 1 unspecified atom stereocenters. The Labute approximate surface area is 213 Å². The third-order valence-corrected chi connectivity index (χ3v) is 6.17. The Morgan fingerprint density at radius 1 is 1.32 bits per heavy atom. The number of aryl methyl sites for hydroxylation is 2. The average Bonchev–Trinajstić information content (AvgIpc) is 3.51. The predicted octanol–water partition coefficient (Wildman–Crippen LogP) is 3.71. The van der Waals surface area contributed by atoms with Gasteiger partial charge < -0.3 is 15.0 Å². The van der Waals surface area contributed by atoms with E-state index in [0.29, 0.717) is 30.0 Å². The van der Waals surface area contributed by atoms with Crippen molar-refractivity contribution in [2.24, 2.45) is 7.05 Å². The van der Waals surface area contributed by atoms with Crippen molar-refractivity contribution >= 4 is 39.9 Å². The minimum atomic E-state index is -4.99. The number of hydrogen-bond acceptors (Lipinski definition) is 8. The fourth-order valence-corrected chi connectivity index (χ4v) is 4.28. The number of nitrogens with one attached hydrogen (secondary N) is 1. The standard InChI is InChI=1S/C23H21ClF3N7O3/c1-12-13(7-33-9-15(35)11-37-33)8-34(31-12)21-18(24)6-28-22(30-21)29-14-3-4-19-16(5-14)17(10-32(19)2)20(36)23(25,26)27/h3-6,8,10,15,35H,7,9,11H2,1-2H3,(H,28,29,30). The highest BCUT2D eigenvalue weighted by Crippen LogP contribution is 2.31. The molecule has 10 nitrogen and oxygen atoms in total. The number of ketones is 1. The van der Waals surface area contributed by atoms with E-state index in [4.69, 9.17) is 16.4 Å². The number of halogens is 4. The molecule has 3 aromatic heterocycles. The van der Waals surface area contributed by atoms with E-state index in [0.717, 1.165) is 11.8 Å². The van der Waals surface area contributed by atoms with Gasteiger partial charge in [0.15, 0.2) is 5.82 Å². The van der Waals surface area contributed by atoms with Crippen LogP contribution in [0, 0.1) is 6.92 Å².